The molecule has 1 atom stereocenters. The van der Waals surface area contributed by atoms with E-state index in [-0.39, 0.29) is 81.0 Å². The number of hydrogen-bond donors (Lipinski definition) is 2. The molecule has 0 fully saturated rings. The minimum Gasteiger partial charge on any atom is -0.469 e. The molecule has 0 aliphatic rings. The highest BCUT2D eigenvalue weighted by Crippen LogP contribution is 2.14. The Kier molecular flexibility index (Phi) is 45.4. The van der Waals surface area contributed by atoms with Gasteiger partial charge in [-0.1, -0.05) is 80.6 Å². The lowest BCUT2D eigenvalue weighted by atomic mass is 10.1. The summed E-state index contributed by atoms with van der Waals surface area (Å²) in [6, 6.07) is 2.86. The number of esters is 3. The molecule has 0 spiro atoms. The van der Waals surface area contributed by atoms with E-state index in [0.717, 1.165) is 12.0 Å². The first kappa shape index (κ1) is 59.9. The Balaban J connectivity index is -0.0000000903. The Morgan fingerprint density at radius 1 is 0.833 bits per heavy atom. The maximum absolute atomic E-state index is 11.1. The number of ether oxygens (including phenoxy) is 3. The van der Waals surface area contributed by atoms with Crippen LogP contribution in [0.5, 0.6) is 0 Å². The van der Waals surface area contributed by atoms with Crippen molar-refractivity contribution in [1.29, 1.82) is 0 Å². The van der Waals surface area contributed by atoms with Gasteiger partial charge in [-0.25, -0.2) is 9.59 Å². The zero-order valence-corrected chi connectivity index (χ0v) is 30.6. The number of halogens is 2. The number of nitrogens with zero attached hydrogens (tertiary/aromatic N) is 3. The number of nitrogens with two attached hydrogens (primary N) is 1. The number of methoxy groups -OCH3 is 1. The van der Waals surface area contributed by atoms with Gasteiger partial charge in [0.05, 0.1) is 31.9 Å². The van der Waals surface area contributed by atoms with E-state index in [1.165, 1.54) is 19.4 Å². The molecule has 0 aliphatic heterocycles. The van der Waals surface area contributed by atoms with Crippen molar-refractivity contribution in [3.05, 3.63) is 35.0 Å². The van der Waals surface area contributed by atoms with Crippen LogP contribution in [0.15, 0.2) is 26.3 Å². The number of carbonyl (C=O) groups excluding carboxylic acids is 4. The molecule has 0 aromatic carbocycles. The number of rotatable bonds is 9. The van der Waals surface area contributed by atoms with Crippen molar-refractivity contribution in [3.63, 3.8) is 0 Å². The number of aldehydes is 1. The molecular formula is C32H62Cl2N4O10. The van der Waals surface area contributed by atoms with Gasteiger partial charge in [0.25, 0.3) is 0 Å². The first-order valence-electron chi connectivity index (χ1n) is 14.3. The highest BCUT2D eigenvalue weighted by Gasteiger charge is 2.16. The molecular weight excluding hydrogens is 671 g/mol. The fraction of sp³-hybridized carbons (Fsp3) is 0.656. The average Bonchev–Trinajstić information content (AvgIpc) is 3.65. The highest BCUT2D eigenvalue weighted by atomic mass is 35.5. The third kappa shape index (κ3) is 32.5. The first-order valence-corrected chi connectivity index (χ1v) is 14.3. The molecule has 14 nitrogen and oxygen atoms in total. The minimum atomic E-state index is -0.512. The number of carbonyl (C=O) groups is 4. The van der Waals surface area contributed by atoms with Crippen LogP contribution in [-0.2, 0) is 23.8 Å². The van der Waals surface area contributed by atoms with E-state index in [2.05, 4.69) is 20.2 Å². The molecule has 0 aliphatic carbocycles. The van der Waals surface area contributed by atoms with Crippen LogP contribution in [0.4, 0.5) is 0 Å². The fourth-order valence-corrected chi connectivity index (χ4v) is 2.03. The summed E-state index contributed by atoms with van der Waals surface area (Å²) in [7, 11) is 1.39. The summed E-state index contributed by atoms with van der Waals surface area (Å²) in [5, 5.41) is 18.0. The van der Waals surface area contributed by atoms with E-state index in [1.807, 2.05) is 41.5 Å². The molecule has 48 heavy (non-hydrogen) atoms. The fourth-order valence-electron chi connectivity index (χ4n) is 2.03. The molecule has 16 heteroatoms. The quantitative estimate of drug-likeness (QED) is 0.0633. The van der Waals surface area contributed by atoms with Crippen molar-refractivity contribution in [3.8, 4) is 0 Å². The van der Waals surface area contributed by atoms with Crippen molar-refractivity contribution >= 4 is 55.2 Å². The summed E-state index contributed by atoms with van der Waals surface area (Å²) in [5.41, 5.74) is 6.84. The van der Waals surface area contributed by atoms with Gasteiger partial charge in [-0.3, -0.25) is 4.79 Å². The maximum atomic E-state index is 11.1. The van der Waals surface area contributed by atoms with Gasteiger partial charge in [0, 0.05) is 30.3 Å². The lowest BCUT2D eigenvalue weighted by Gasteiger charge is -1.97. The Morgan fingerprint density at radius 3 is 1.38 bits per heavy atom. The molecule has 284 valence electrons. The Labute approximate surface area is 299 Å². The molecule has 2 aromatic rings. The molecule has 0 amide bonds. The van der Waals surface area contributed by atoms with Crippen LogP contribution >= 0.6 is 24.8 Å². The second kappa shape index (κ2) is 36.3. The van der Waals surface area contributed by atoms with Crippen molar-refractivity contribution in [2.24, 2.45) is 28.6 Å². The van der Waals surface area contributed by atoms with E-state index in [1.54, 1.807) is 40.7 Å². The largest absolute Gasteiger partial charge is 0.469 e. The van der Waals surface area contributed by atoms with Crippen molar-refractivity contribution in [2.75, 3.05) is 20.3 Å². The summed E-state index contributed by atoms with van der Waals surface area (Å²) in [5.74, 6) is -0.0366. The molecule has 0 radical (unpaired) electrons. The predicted octanol–water partition coefficient (Wildman–Crippen LogP) is 7.72. The van der Waals surface area contributed by atoms with Gasteiger partial charge in [-0.2, -0.15) is 0 Å². The van der Waals surface area contributed by atoms with Gasteiger partial charge in [-0.05, 0) is 32.6 Å². The van der Waals surface area contributed by atoms with Crippen LogP contribution in [0.1, 0.15) is 135 Å². The van der Waals surface area contributed by atoms with Crippen LogP contribution in [0.3, 0.4) is 0 Å². The molecule has 3 N–H and O–H groups in total. The van der Waals surface area contributed by atoms with Crippen LogP contribution in [0.2, 0.25) is 0 Å². The van der Waals surface area contributed by atoms with Crippen LogP contribution in [-0.4, -0.2) is 66.3 Å². The second-order valence-electron chi connectivity index (χ2n) is 10.2. The summed E-state index contributed by atoms with van der Waals surface area (Å²) in [6.45, 7) is 21.0. The van der Waals surface area contributed by atoms with Crippen LogP contribution in [0.25, 0.3) is 0 Å². The monoisotopic (exact) mass is 732 g/mol. The van der Waals surface area contributed by atoms with Crippen molar-refractivity contribution < 1.29 is 47.6 Å². The topological polar surface area (TPSA) is 207 Å². The van der Waals surface area contributed by atoms with E-state index in [9.17, 15) is 19.2 Å². The molecule has 0 saturated carbocycles. The number of oxime groups is 1. The van der Waals surface area contributed by atoms with Crippen molar-refractivity contribution in [2.45, 2.75) is 103 Å². The normalized spacial score (nSPS) is 9.85. The Morgan fingerprint density at radius 2 is 1.21 bits per heavy atom. The van der Waals surface area contributed by atoms with E-state index in [4.69, 9.17) is 29.5 Å². The minimum absolute atomic E-state index is 0. The molecule has 2 aromatic heterocycles. The maximum Gasteiger partial charge on any atom is 0.377 e. The highest BCUT2D eigenvalue weighted by molar-refractivity contribution is 5.86. The first-order chi connectivity index (χ1) is 20.5. The molecule has 0 unspecified atom stereocenters. The lowest BCUT2D eigenvalue weighted by Crippen LogP contribution is -2.07. The van der Waals surface area contributed by atoms with Gasteiger partial charge < -0.3 is 39.0 Å². The summed E-state index contributed by atoms with van der Waals surface area (Å²) < 4.78 is 23.4. The lowest BCUT2D eigenvalue weighted by molar-refractivity contribution is -0.144. The zero-order chi connectivity index (χ0) is 34.8. The smallest absolute Gasteiger partial charge is 0.377 e. The summed E-state index contributed by atoms with van der Waals surface area (Å²) >= 11 is 0. The zero-order valence-electron chi connectivity index (χ0n) is 29.0. The van der Waals surface area contributed by atoms with Gasteiger partial charge in [0.2, 0.25) is 11.5 Å². The number of aromatic nitrogens is 2. The molecule has 2 heterocycles. The Hall–Kier alpha value is -3.49. The van der Waals surface area contributed by atoms with Crippen LogP contribution < -0.4 is 5.73 Å². The van der Waals surface area contributed by atoms with Gasteiger partial charge in [-0.15, -0.1) is 30.0 Å². The summed E-state index contributed by atoms with van der Waals surface area (Å²) in [6.07, 6.45) is 2.39. The standard InChI is InChI=1S/C9H13NO3.C8H12N2O3.C5H10O2.C4H9NO.C4H8O.2CH4.2ClH/c1-4-12-9(11)8-5-7(6(2)3)10-13-8;1-3-12-8(11)7-4-6(5(2)9)10-13-7;1-4(2)5(6)7-3;1-4(2)3-5-6;1-4(2)3-5;;;;/h5-6H,4H2,1-3H3;4-5H,3,9H2,1-2H3;4H,1-3H3;3-4,6H,1-2H3;3-4H,1-2H3;2*1H4;2*1H/t;5-;;;;;;;/m.1......./s1. The van der Waals surface area contributed by atoms with Crippen molar-refractivity contribution in [1.82, 2.24) is 10.3 Å². The number of hydrogen-bond acceptors (Lipinski definition) is 14. The third-order valence-electron chi connectivity index (χ3n) is 4.38. The second-order valence-corrected chi connectivity index (χ2v) is 10.2. The van der Waals surface area contributed by atoms with E-state index >= 15 is 0 Å². The van der Waals surface area contributed by atoms with Gasteiger partial charge in [0.1, 0.15) is 12.0 Å². The predicted molar refractivity (Wildman–Crippen MR) is 192 cm³/mol. The Bertz CT molecular complexity index is 1030. The SMILES string of the molecule is C.C.CC(C)C=NO.CC(C)C=O.CCOC(=O)c1cc(C(C)C)no1.CCOC(=O)c1cc([C@@H](C)N)no1.COC(=O)C(C)C.Cl.Cl. The van der Waals surface area contributed by atoms with E-state index < -0.39 is 11.9 Å². The van der Waals surface area contributed by atoms with Gasteiger partial charge in [0.15, 0.2) is 0 Å². The molecule has 0 bridgehead atoms. The molecule has 0 saturated heterocycles. The third-order valence-corrected chi connectivity index (χ3v) is 4.38. The van der Waals surface area contributed by atoms with E-state index in [0.29, 0.717) is 24.8 Å². The average molecular weight is 734 g/mol. The summed E-state index contributed by atoms with van der Waals surface area (Å²) in [4.78, 5) is 42.0. The van der Waals surface area contributed by atoms with Crippen LogP contribution in [0, 0.1) is 17.8 Å². The molecule has 2 rings (SSSR count). The van der Waals surface area contributed by atoms with Gasteiger partial charge >= 0.3 is 17.9 Å².